The van der Waals surface area contributed by atoms with Gasteiger partial charge in [0.2, 0.25) is 5.91 Å². The van der Waals surface area contributed by atoms with Crippen LogP contribution in [0.2, 0.25) is 0 Å². The molecular weight excluding hydrogens is 272 g/mol. The van der Waals surface area contributed by atoms with Crippen molar-refractivity contribution in [3.05, 3.63) is 12.2 Å². The quantitative estimate of drug-likeness (QED) is 0.289. The van der Waals surface area contributed by atoms with Gasteiger partial charge in [-0.25, -0.2) is 0 Å². The van der Waals surface area contributed by atoms with Crippen molar-refractivity contribution in [2.45, 2.75) is 71.6 Å². The predicted molar refractivity (Wildman–Crippen MR) is 96.9 cm³/mol. The van der Waals surface area contributed by atoms with Gasteiger partial charge in [0.05, 0.1) is 27.2 Å². The smallest absolute Gasteiger partial charge is 0.246 e. The van der Waals surface area contributed by atoms with E-state index in [0.29, 0.717) is 5.57 Å². The van der Waals surface area contributed by atoms with Crippen molar-refractivity contribution < 1.29 is 9.28 Å². The first-order chi connectivity index (χ1) is 10.4. The fourth-order valence-electron chi connectivity index (χ4n) is 2.65. The number of nitrogens with zero attached hydrogens (tertiary/aromatic N) is 1. The van der Waals surface area contributed by atoms with Gasteiger partial charge in [0.25, 0.3) is 0 Å². The molecule has 0 radical (unpaired) electrons. The average Bonchev–Trinajstić information content (AvgIpc) is 2.46. The third kappa shape index (κ3) is 12.9. The molecule has 0 aromatic rings. The standard InChI is InChI=1S/C19H38N2O/c1-6-7-8-9-10-11-12-13-16-21(4,5)17-14-15-20-19(22)18(2)3/h2,6-17H2,1,3-5H3/p+1. The topological polar surface area (TPSA) is 29.1 Å². The Morgan fingerprint density at radius 2 is 1.41 bits per heavy atom. The lowest BCUT2D eigenvalue weighted by Gasteiger charge is -2.30. The van der Waals surface area contributed by atoms with Crippen LogP contribution in [0.3, 0.4) is 0 Å². The van der Waals surface area contributed by atoms with E-state index in [9.17, 15) is 4.79 Å². The summed E-state index contributed by atoms with van der Waals surface area (Å²) in [6.07, 6.45) is 12.0. The third-order valence-electron chi connectivity index (χ3n) is 4.23. The van der Waals surface area contributed by atoms with E-state index in [1.165, 1.54) is 57.9 Å². The number of hydrogen-bond donors (Lipinski definition) is 1. The molecule has 0 rings (SSSR count). The van der Waals surface area contributed by atoms with Crippen molar-refractivity contribution >= 4 is 5.91 Å². The molecule has 3 nitrogen and oxygen atoms in total. The monoisotopic (exact) mass is 311 g/mol. The fourth-order valence-corrected chi connectivity index (χ4v) is 2.65. The van der Waals surface area contributed by atoms with Crippen LogP contribution >= 0.6 is 0 Å². The molecule has 1 amide bonds. The highest BCUT2D eigenvalue weighted by Crippen LogP contribution is 2.10. The van der Waals surface area contributed by atoms with Gasteiger partial charge in [-0.05, 0) is 19.8 Å². The molecule has 1 N–H and O–H groups in total. The van der Waals surface area contributed by atoms with Crippen molar-refractivity contribution in [3.63, 3.8) is 0 Å². The number of unbranched alkanes of at least 4 members (excludes halogenated alkanes) is 7. The molecule has 0 heterocycles. The molecule has 0 spiro atoms. The van der Waals surface area contributed by atoms with Gasteiger partial charge >= 0.3 is 0 Å². The Labute approximate surface area is 138 Å². The van der Waals surface area contributed by atoms with Crippen LogP contribution in [0.25, 0.3) is 0 Å². The summed E-state index contributed by atoms with van der Waals surface area (Å²) in [4.78, 5) is 11.4. The van der Waals surface area contributed by atoms with Crippen molar-refractivity contribution in [1.29, 1.82) is 0 Å². The van der Waals surface area contributed by atoms with E-state index in [4.69, 9.17) is 0 Å². The number of hydrogen-bond acceptors (Lipinski definition) is 1. The minimum absolute atomic E-state index is 0.0200. The molecule has 0 saturated heterocycles. The third-order valence-corrected chi connectivity index (χ3v) is 4.23. The van der Waals surface area contributed by atoms with Crippen LogP contribution in [0.15, 0.2) is 12.2 Å². The highest BCUT2D eigenvalue weighted by atomic mass is 16.1. The van der Waals surface area contributed by atoms with E-state index in [1.54, 1.807) is 6.92 Å². The number of carbonyl (C=O) groups is 1. The molecule has 0 aliphatic carbocycles. The van der Waals surface area contributed by atoms with Gasteiger partial charge in [0.1, 0.15) is 0 Å². The van der Waals surface area contributed by atoms with Gasteiger partial charge in [0, 0.05) is 18.5 Å². The Kier molecular flexibility index (Phi) is 12.2. The lowest BCUT2D eigenvalue weighted by molar-refractivity contribution is -0.890. The molecule has 22 heavy (non-hydrogen) atoms. The van der Waals surface area contributed by atoms with Gasteiger partial charge in [-0.2, -0.15) is 0 Å². The molecular formula is C19H39N2O+. The highest BCUT2D eigenvalue weighted by Gasteiger charge is 2.14. The van der Waals surface area contributed by atoms with Crippen LogP contribution in [0, 0.1) is 0 Å². The van der Waals surface area contributed by atoms with Gasteiger partial charge in [-0.15, -0.1) is 0 Å². The van der Waals surface area contributed by atoms with Gasteiger partial charge in [-0.3, -0.25) is 4.79 Å². The molecule has 0 bridgehead atoms. The van der Waals surface area contributed by atoms with Crippen molar-refractivity contribution in [2.75, 3.05) is 33.7 Å². The number of nitrogens with one attached hydrogen (secondary N) is 1. The minimum atomic E-state index is -0.0200. The van der Waals surface area contributed by atoms with E-state index in [1.807, 2.05) is 0 Å². The van der Waals surface area contributed by atoms with E-state index in [0.717, 1.165) is 24.0 Å². The minimum Gasteiger partial charge on any atom is -0.352 e. The van der Waals surface area contributed by atoms with Crippen LogP contribution in [-0.4, -0.2) is 44.1 Å². The summed E-state index contributed by atoms with van der Waals surface area (Å²) in [6, 6.07) is 0. The molecule has 130 valence electrons. The zero-order chi connectivity index (χ0) is 16.8. The average molecular weight is 312 g/mol. The highest BCUT2D eigenvalue weighted by molar-refractivity contribution is 5.91. The lowest BCUT2D eigenvalue weighted by atomic mass is 10.1. The molecule has 0 fully saturated rings. The fraction of sp³-hybridized carbons (Fsp3) is 0.842. The largest absolute Gasteiger partial charge is 0.352 e. The summed E-state index contributed by atoms with van der Waals surface area (Å²) in [5, 5.41) is 2.91. The summed E-state index contributed by atoms with van der Waals surface area (Å²) >= 11 is 0. The Bertz CT molecular complexity index is 311. The molecule has 0 aromatic heterocycles. The number of carbonyl (C=O) groups excluding carboxylic acids is 1. The van der Waals surface area contributed by atoms with Crippen LogP contribution in [-0.2, 0) is 4.79 Å². The normalized spacial score (nSPS) is 11.5. The summed E-state index contributed by atoms with van der Waals surface area (Å²) in [5.74, 6) is -0.0200. The Hall–Kier alpha value is -0.830. The maximum Gasteiger partial charge on any atom is 0.246 e. The first-order valence-electron chi connectivity index (χ1n) is 9.15. The molecule has 0 aliphatic rings. The van der Waals surface area contributed by atoms with E-state index in [2.05, 4.69) is 32.9 Å². The van der Waals surface area contributed by atoms with Gasteiger partial charge < -0.3 is 9.80 Å². The molecule has 0 atom stereocenters. The summed E-state index contributed by atoms with van der Waals surface area (Å²) < 4.78 is 1.05. The Morgan fingerprint density at radius 1 is 0.909 bits per heavy atom. The Balaban J connectivity index is 3.52. The van der Waals surface area contributed by atoms with E-state index >= 15 is 0 Å². The number of quaternary nitrogens is 1. The second-order valence-electron chi connectivity index (χ2n) is 7.25. The van der Waals surface area contributed by atoms with Crippen LogP contribution in [0.5, 0.6) is 0 Å². The number of amides is 1. The summed E-state index contributed by atoms with van der Waals surface area (Å²) in [5.41, 5.74) is 0.590. The molecule has 0 aliphatic heterocycles. The molecule has 3 heteroatoms. The zero-order valence-corrected chi connectivity index (χ0v) is 15.5. The lowest BCUT2D eigenvalue weighted by Crippen LogP contribution is -2.42. The predicted octanol–water partition coefficient (Wildman–Crippen LogP) is 4.29. The van der Waals surface area contributed by atoms with Gasteiger partial charge in [0.15, 0.2) is 0 Å². The van der Waals surface area contributed by atoms with Crippen LogP contribution < -0.4 is 5.32 Å². The first kappa shape index (κ1) is 21.2. The number of rotatable bonds is 14. The Morgan fingerprint density at radius 3 is 1.95 bits per heavy atom. The molecule has 0 saturated carbocycles. The van der Waals surface area contributed by atoms with Crippen LogP contribution in [0.1, 0.15) is 71.6 Å². The zero-order valence-electron chi connectivity index (χ0n) is 15.5. The van der Waals surface area contributed by atoms with Crippen LogP contribution in [0.4, 0.5) is 0 Å². The second kappa shape index (κ2) is 12.7. The van der Waals surface area contributed by atoms with E-state index in [-0.39, 0.29) is 5.91 Å². The van der Waals surface area contributed by atoms with Crippen molar-refractivity contribution in [3.8, 4) is 0 Å². The summed E-state index contributed by atoms with van der Waals surface area (Å²) in [6.45, 7) is 10.8. The second-order valence-corrected chi connectivity index (χ2v) is 7.25. The first-order valence-corrected chi connectivity index (χ1v) is 9.15. The SMILES string of the molecule is C=C(C)C(=O)NCCC[N+](C)(C)CCCCCCCCCC. The molecule has 0 unspecified atom stereocenters. The van der Waals surface area contributed by atoms with Gasteiger partial charge in [-0.1, -0.05) is 52.0 Å². The molecule has 0 aromatic carbocycles. The summed E-state index contributed by atoms with van der Waals surface area (Å²) in [7, 11) is 4.59. The maximum absolute atomic E-state index is 11.4. The van der Waals surface area contributed by atoms with Crippen molar-refractivity contribution in [1.82, 2.24) is 5.32 Å². The van der Waals surface area contributed by atoms with Crippen molar-refractivity contribution in [2.24, 2.45) is 0 Å². The van der Waals surface area contributed by atoms with E-state index < -0.39 is 0 Å². The maximum atomic E-state index is 11.4.